The topological polar surface area (TPSA) is 69.0 Å². The van der Waals surface area contributed by atoms with Crippen LogP contribution in [0.4, 0.5) is 18.3 Å². The molecule has 0 aliphatic heterocycles. The van der Waals surface area contributed by atoms with Gasteiger partial charge >= 0.3 is 6.18 Å². The largest absolute Gasteiger partial charge is 0.435 e. The quantitative estimate of drug-likeness (QED) is 0.916. The fourth-order valence-electron chi connectivity index (χ4n) is 1.49. The molecule has 2 rings (SSSR count). The number of halogens is 3. The summed E-state index contributed by atoms with van der Waals surface area (Å²) in [6.45, 7) is -0.00423. The lowest BCUT2D eigenvalue weighted by atomic mass is 10.4. The monoisotopic (exact) mass is 320 g/mol. The Balaban J connectivity index is 1.93. The maximum absolute atomic E-state index is 12.4. The van der Waals surface area contributed by atoms with E-state index in [0.29, 0.717) is 17.4 Å². The Hall–Kier alpha value is -1.94. The van der Waals surface area contributed by atoms with Crippen molar-refractivity contribution in [3.63, 3.8) is 0 Å². The highest BCUT2D eigenvalue weighted by molar-refractivity contribution is 7.13. The summed E-state index contributed by atoms with van der Waals surface area (Å²) < 4.78 is 42.9. The van der Waals surface area contributed by atoms with Gasteiger partial charge in [0.15, 0.2) is 10.8 Å². The summed E-state index contributed by atoms with van der Waals surface area (Å²) in [5.41, 5.74) is -0.372. The molecule has 1 N–H and O–H groups in total. The Bertz CT molecular complexity index is 623. The van der Waals surface area contributed by atoms with Gasteiger partial charge in [-0.05, 0) is 6.07 Å². The molecule has 0 fully saturated rings. The lowest BCUT2D eigenvalue weighted by Gasteiger charge is -2.03. The van der Waals surface area contributed by atoms with Crippen molar-refractivity contribution in [1.29, 1.82) is 0 Å². The highest BCUT2D eigenvalue weighted by Gasteiger charge is 2.33. The van der Waals surface area contributed by atoms with Crippen molar-refractivity contribution in [2.24, 2.45) is 0 Å². The molecular weight excluding hydrogens is 309 g/mol. The Kier molecular flexibility index (Phi) is 4.58. The molecule has 0 aliphatic carbocycles. The number of anilines is 1. The van der Waals surface area contributed by atoms with Crippen LogP contribution in [0.3, 0.4) is 0 Å². The molecule has 0 saturated carbocycles. The SMILES string of the molecule is COCc1csc(NC(=O)Cn2ccc(C(F)(F)F)n2)n1. The van der Waals surface area contributed by atoms with E-state index in [9.17, 15) is 18.0 Å². The van der Waals surface area contributed by atoms with Gasteiger partial charge in [0, 0.05) is 18.7 Å². The highest BCUT2D eigenvalue weighted by atomic mass is 32.1. The first-order valence-electron chi connectivity index (χ1n) is 5.72. The second kappa shape index (κ2) is 6.22. The fraction of sp³-hybridized carbons (Fsp3) is 0.364. The second-order valence-electron chi connectivity index (χ2n) is 4.02. The molecule has 1 amide bonds. The van der Waals surface area contributed by atoms with Crippen molar-refractivity contribution in [2.75, 3.05) is 12.4 Å². The molecule has 0 unspecified atom stereocenters. The first kappa shape index (κ1) is 15.4. The fourth-order valence-corrected chi connectivity index (χ4v) is 2.20. The van der Waals surface area contributed by atoms with Crippen LogP contribution in [-0.4, -0.2) is 27.8 Å². The summed E-state index contributed by atoms with van der Waals surface area (Å²) in [7, 11) is 1.52. The third kappa shape index (κ3) is 4.26. The molecule has 0 radical (unpaired) electrons. The molecule has 21 heavy (non-hydrogen) atoms. The molecule has 0 atom stereocenters. The summed E-state index contributed by atoms with van der Waals surface area (Å²) >= 11 is 1.21. The molecule has 0 saturated heterocycles. The minimum Gasteiger partial charge on any atom is -0.378 e. The average molecular weight is 320 g/mol. The summed E-state index contributed by atoms with van der Waals surface area (Å²) in [5, 5.41) is 7.85. The zero-order chi connectivity index (χ0) is 15.5. The number of carbonyl (C=O) groups is 1. The smallest absolute Gasteiger partial charge is 0.378 e. The number of hydrogen-bond acceptors (Lipinski definition) is 5. The van der Waals surface area contributed by atoms with E-state index in [2.05, 4.69) is 15.4 Å². The van der Waals surface area contributed by atoms with Crippen molar-refractivity contribution in [3.8, 4) is 0 Å². The number of nitrogens with zero attached hydrogens (tertiary/aromatic N) is 3. The van der Waals surface area contributed by atoms with E-state index in [4.69, 9.17) is 4.74 Å². The summed E-state index contributed by atoms with van der Waals surface area (Å²) in [4.78, 5) is 15.8. The predicted octanol–water partition coefficient (Wildman–Crippen LogP) is 2.14. The summed E-state index contributed by atoms with van der Waals surface area (Å²) in [6, 6.07) is 0.813. The van der Waals surface area contributed by atoms with Crippen molar-refractivity contribution >= 4 is 22.4 Å². The number of hydrogen-bond donors (Lipinski definition) is 1. The van der Waals surface area contributed by atoms with Gasteiger partial charge in [-0.1, -0.05) is 0 Å². The molecule has 10 heteroatoms. The molecule has 2 heterocycles. The van der Waals surface area contributed by atoms with E-state index in [1.807, 2.05) is 0 Å². The molecule has 2 aromatic heterocycles. The van der Waals surface area contributed by atoms with Gasteiger partial charge in [0.05, 0.1) is 12.3 Å². The van der Waals surface area contributed by atoms with Gasteiger partial charge < -0.3 is 10.1 Å². The second-order valence-corrected chi connectivity index (χ2v) is 4.88. The van der Waals surface area contributed by atoms with Crippen molar-refractivity contribution in [1.82, 2.24) is 14.8 Å². The van der Waals surface area contributed by atoms with E-state index >= 15 is 0 Å². The van der Waals surface area contributed by atoms with Crippen LogP contribution in [-0.2, 0) is 28.9 Å². The van der Waals surface area contributed by atoms with E-state index < -0.39 is 17.8 Å². The number of carbonyl (C=O) groups excluding carboxylic acids is 1. The van der Waals surface area contributed by atoms with Crippen LogP contribution in [0.15, 0.2) is 17.6 Å². The Morgan fingerprint density at radius 3 is 2.90 bits per heavy atom. The van der Waals surface area contributed by atoms with Crippen LogP contribution in [0.25, 0.3) is 0 Å². The number of nitrogens with one attached hydrogen (secondary N) is 1. The predicted molar refractivity (Wildman–Crippen MR) is 68.7 cm³/mol. The van der Waals surface area contributed by atoms with E-state index in [1.165, 1.54) is 18.4 Å². The van der Waals surface area contributed by atoms with Gasteiger partial charge in [0.2, 0.25) is 5.91 Å². The summed E-state index contributed by atoms with van der Waals surface area (Å²) in [5.74, 6) is -0.509. The molecule has 0 spiro atoms. The number of alkyl halides is 3. The zero-order valence-corrected chi connectivity index (χ0v) is 11.7. The molecular formula is C11H11F3N4O2S. The first-order valence-corrected chi connectivity index (χ1v) is 6.60. The van der Waals surface area contributed by atoms with E-state index in [1.54, 1.807) is 5.38 Å². The Morgan fingerprint density at radius 1 is 1.52 bits per heavy atom. The van der Waals surface area contributed by atoms with Gasteiger partial charge in [-0.3, -0.25) is 9.48 Å². The van der Waals surface area contributed by atoms with Gasteiger partial charge in [0.1, 0.15) is 6.54 Å². The number of thiazole rings is 1. The number of methoxy groups -OCH3 is 1. The van der Waals surface area contributed by atoms with Crippen LogP contribution >= 0.6 is 11.3 Å². The standard InChI is InChI=1S/C11H11F3N4O2S/c1-20-5-7-6-21-10(15-7)16-9(19)4-18-3-2-8(17-18)11(12,13)14/h2-3,6H,4-5H2,1H3,(H,15,16,19). The van der Waals surface area contributed by atoms with Crippen molar-refractivity contribution in [3.05, 3.63) is 29.0 Å². The molecule has 6 nitrogen and oxygen atoms in total. The van der Waals surface area contributed by atoms with Crippen molar-refractivity contribution in [2.45, 2.75) is 19.3 Å². The lowest BCUT2D eigenvalue weighted by Crippen LogP contribution is -2.19. The van der Waals surface area contributed by atoms with Gasteiger partial charge in [-0.15, -0.1) is 11.3 Å². The highest BCUT2D eigenvalue weighted by Crippen LogP contribution is 2.27. The van der Waals surface area contributed by atoms with E-state index in [0.717, 1.165) is 16.9 Å². The van der Waals surface area contributed by atoms with Gasteiger partial charge in [0.25, 0.3) is 0 Å². The van der Waals surface area contributed by atoms with Crippen LogP contribution in [0.2, 0.25) is 0 Å². The maximum Gasteiger partial charge on any atom is 0.435 e. The molecule has 114 valence electrons. The third-order valence-corrected chi connectivity index (χ3v) is 3.13. The molecule has 2 aromatic rings. The van der Waals surface area contributed by atoms with Crippen LogP contribution in [0.5, 0.6) is 0 Å². The molecule has 0 aromatic carbocycles. The number of aromatic nitrogens is 3. The summed E-state index contributed by atoms with van der Waals surface area (Å²) in [6.07, 6.45) is -3.42. The average Bonchev–Trinajstić information content (AvgIpc) is 2.98. The minimum absolute atomic E-state index is 0.320. The normalized spacial score (nSPS) is 11.6. The third-order valence-electron chi connectivity index (χ3n) is 2.33. The Morgan fingerprint density at radius 2 is 2.29 bits per heavy atom. The van der Waals surface area contributed by atoms with Gasteiger partial charge in [-0.2, -0.15) is 18.3 Å². The maximum atomic E-state index is 12.4. The number of rotatable bonds is 5. The molecule has 0 aliphatic rings. The van der Waals surface area contributed by atoms with Crippen LogP contribution in [0.1, 0.15) is 11.4 Å². The van der Waals surface area contributed by atoms with Crippen LogP contribution in [0, 0.1) is 0 Å². The first-order chi connectivity index (χ1) is 9.88. The zero-order valence-electron chi connectivity index (χ0n) is 10.8. The van der Waals surface area contributed by atoms with E-state index in [-0.39, 0.29) is 6.54 Å². The van der Waals surface area contributed by atoms with Crippen molar-refractivity contribution < 1.29 is 22.7 Å². The van der Waals surface area contributed by atoms with Crippen LogP contribution < -0.4 is 5.32 Å². The van der Waals surface area contributed by atoms with Gasteiger partial charge in [-0.25, -0.2) is 4.98 Å². The minimum atomic E-state index is -4.52. The Labute approximate surface area is 121 Å². The molecule has 0 bridgehead atoms. The lowest BCUT2D eigenvalue weighted by molar-refractivity contribution is -0.141. The number of amides is 1. The number of ether oxygens (including phenoxy) is 1.